The van der Waals surface area contributed by atoms with E-state index < -0.39 is 0 Å². The largest absolute Gasteiger partial charge is 0.396 e. The lowest BCUT2D eigenvalue weighted by Gasteiger charge is -2.19. The van der Waals surface area contributed by atoms with Crippen LogP contribution < -0.4 is 5.73 Å². The molecule has 0 amide bonds. The Kier molecular flexibility index (Phi) is 3.91. The highest BCUT2D eigenvalue weighted by atomic mass is 16.5. The van der Waals surface area contributed by atoms with E-state index in [1.165, 1.54) is 0 Å². The Morgan fingerprint density at radius 1 is 1.64 bits per heavy atom. The highest BCUT2D eigenvalue weighted by molar-refractivity contribution is 5.30. The van der Waals surface area contributed by atoms with Crippen LogP contribution in [0.25, 0.3) is 0 Å². The molecule has 1 heterocycles. The predicted octanol–water partition coefficient (Wildman–Crippen LogP) is 0.0419. The number of rotatable bonds is 5. The summed E-state index contributed by atoms with van der Waals surface area (Å²) in [6.07, 6.45) is 3.59. The van der Waals surface area contributed by atoms with Crippen LogP contribution in [0.4, 0.5) is 5.69 Å². The summed E-state index contributed by atoms with van der Waals surface area (Å²) in [6, 6.07) is 0. The summed E-state index contributed by atoms with van der Waals surface area (Å²) in [5.74, 6) is 0. The summed E-state index contributed by atoms with van der Waals surface area (Å²) in [5.41, 5.74) is 6.25. The van der Waals surface area contributed by atoms with Crippen molar-refractivity contribution in [2.24, 2.45) is 0 Å². The Bertz CT molecular complexity index is 272. The molecule has 0 fully saturated rings. The van der Waals surface area contributed by atoms with Gasteiger partial charge in [-0.15, -0.1) is 0 Å². The number of likely N-dealkylation sites (N-methyl/N-ethyl adjacent to an activating group) is 1. The average Bonchev–Trinajstić information content (AvgIpc) is 2.49. The van der Waals surface area contributed by atoms with E-state index in [2.05, 4.69) is 10.00 Å². The molecule has 0 aromatic carbocycles. The van der Waals surface area contributed by atoms with Crippen molar-refractivity contribution in [3.05, 3.63) is 12.4 Å². The van der Waals surface area contributed by atoms with Crippen LogP contribution in [-0.4, -0.2) is 48.5 Å². The van der Waals surface area contributed by atoms with E-state index in [0.717, 1.165) is 13.1 Å². The van der Waals surface area contributed by atoms with E-state index in [0.29, 0.717) is 5.69 Å². The van der Waals surface area contributed by atoms with E-state index >= 15 is 0 Å². The molecule has 0 spiro atoms. The topological polar surface area (TPSA) is 56.3 Å². The molecule has 1 aromatic heterocycles. The monoisotopic (exact) mass is 198 g/mol. The average molecular weight is 198 g/mol. The number of anilines is 1. The number of nitrogens with zero attached hydrogens (tertiary/aromatic N) is 3. The Morgan fingerprint density at radius 3 is 2.79 bits per heavy atom. The molecule has 1 rings (SSSR count). The highest BCUT2D eigenvalue weighted by Gasteiger charge is 2.09. The van der Waals surface area contributed by atoms with Crippen molar-refractivity contribution in [3.63, 3.8) is 0 Å². The molecule has 1 unspecified atom stereocenters. The minimum absolute atomic E-state index is 0.143. The van der Waals surface area contributed by atoms with Crippen molar-refractivity contribution in [2.45, 2.75) is 12.6 Å². The van der Waals surface area contributed by atoms with Crippen LogP contribution in [0.15, 0.2) is 12.4 Å². The van der Waals surface area contributed by atoms with Gasteiger partial charge >= 0.3 is 0 Å². The molecule has 80 valence electrons. The van der Waals surface area contributed by atoms with Crippen molar-refractivity contribution in [2.75, 3.05) is 33.5 Å². The lowest BCUT2D eigenvalue weighted by atomic mass is 10.3. The molecule has 2 N–H and O–H groups in total. The van der Waals surface area contributed by atoms with Gasteiger partial charge in [0.25, 0.3) is 0 Å². The summed E-state index contributed by atoms with van der Waals surface area (Å²) in [4.78, 5) is 2.08. The molecule has 5 heteroatoms. The van der Waals surface area contributed by atoms with Crippen molar-refractivity contribution < 1.29 is 4.74 Å². The zero-order valence-electron chi connectivity index (χ0n) is 8.97. The Balaban J connectivity index is 2.48. The van der Waals surface area contributed by atoms with Crippen molar-refractivity contribution in [1.29, 1.82) is 0 Å². The van der Waals surface area contributed by atoms with Crippen molar-refractivity contribution in [1.82, 2.24) is 14.7 Å². The summed E-state index contributed by atoms with van der Waals surface area (Å²) < 4.78 is 7.13. The summed E-state index contributed by atoms with van der Waals surface area (Å²) >= 11 is 0. The maximum absolute atomic E-state index is 5.56. The van der Waals surface area contributed by atoms with Gasteiger partial charge in [0, 0.05) is 19.9 Å². The van der Waals surface area contributed by atoms with Crippen LogP contribution >= 0.6 is 0 Å². The molecule has 0 aliphatic heterocycles. The van der Waals surface area contributed by atoms with Crippen LogP contribution in [0.2, 0.25) is 0 Å². The number of methoxy groups -OCH3 is 1. The third kappa shape index (κ3) is 3.35. The molecule has 0 bridgehead atoms. The first-order valence-electron chi connectivity index (χ1n) is 4.57. The van der Waals surface area contributed by atoms with Crippen LogP contribution in [0.3, 0.4) is 0 Å². The number of nitrogen functional groups attached to an aromatic ring is 1. The summed E-state index contributed by atoms with van der Waals surface area (Å²) in [6.45, 7) is 1.60. The zero-order chi connectivity index (χ0) is 10.6. The van der Waals surface area contributed by atoms with Gasteiger partial charge in [0.2, 0.25) is 0 Å². The number of ether oxygens (including phenoxy) is 1. The third-order valence-corrected chi connectivity index (χ3v) is 1.95. The fraction of sp³-hybridized carbons (Fsp3) is 0.667. The Hall–Kier alpha value is -1.07. The van der Waals surface area contributed by atoms with Gasteiger partial charge in [-0.1, -0.05) is 0 Å². The first-order valence-corrected chi connectivity index (χ1v) is 4.57. The number of aromatic nitrogens is 2. The van der Waals surface area contributed by atoms with Crippen molar-refractivity contribution >= 4 is 5.69 Å². The molecule has 1 aromatic rings. The molecular weight excluding hydrogens is 180 g/mol. The fourth-order valence-corrected chi connectivity index (χ4v) is 1.30. The van der Waals surface area contributed by atoms with Gasteiger partial charge < -0.3 is 15.4 Å². The third-order valence-electron chi connectivity index (χ3n) is 1.95. The number of hydrogen-bond acceptors (Lipinski definition) is 4. The molecular formula is C9H18N4O. The Morgan fingerprint density at radius 2 is 2.36 bits per heavy atom. The minimum atomic E-state index is 0.143. The van der Waals surface area contributed by atoms with Crippen LogP contribution in [0, 0.1) is 0 Å². The van der Waals surface area contributed by atoms with E-state index in [-0.39, 0.29) is 6.10 Å². The fourth-order valence-electron chi connectivity index (χ4n) is 1.30. The molecule has 0 aliphatic carbocycles. The van der Waals surface area contributed by atoms with Crippen LogP contribution in [0.1, 0.15) is 0 Å². The second-order valence-corrected chi connectivity index (χ2v) is 3.62. The lowest BCUT2D eigenvalue weighted by Crippen LogP contribution is -2.31. The molecule has 1 atom stereocenters. The minimum Gasteiger partial charge on any atom is -0.396 e. The zero-order valence-corrected chi connectivity index (χ0v) is 8.97. The number of hydrogen-bond donors (Lipinski definition) is 1. The van der Waals surface area contributed by atoms with Crippen LogP contribution in [-0.2, 0) is 11.3 Å². The van der Waals surface area contributed by atoms with Crippen LogP contribution in [0.5, 0.6) is 0 Å². The molecule has 14 heavy (non-hydrogen) atoms. The Labute approximate surface area is 84.4 Å². The van der Waals surface area contributed by atoms with Gasteiger partial charge in [-0.3, -0.25) is 4.68 Å². The maximum Gasteiger partial charge on any atom is 0.0893 e. The maximum atomic E-state index is 5.56. The molecule has 0 aliphatic rings. The molecule has 0 saturated carbocycles. The predicted molar refractivity (Wildman–Crippen MR) is 56.0 cm³/mol. The second kappa shape index (κ2) is 4.97. The lowest BCUT2D eigenvalue weighted by molar-refractivity contribution is 0.0623. The molecule has 0 radical (unpaired) electrons. The first kappa shape index (κ1) is 11.0. The first-order chi connectivity index (χ1) is 6.61. The summed E-state index contributed by atoms with van der Waals surface area (Å²) in [7, 11) is 5.74. The SMILES string of the molecule is COC(CN(C)C)Cn1cc(N)cn1. The van der Waals surface area contributed by atoms with Gasteiger partial charge in [0.15, 0.2) is 0 Å². The second-order valence-electron chi connectivity index (χ2n) is 3.62. The van der Waals surface area contributed by atoms with Gasteiger partial charge in [-0.25, -0.2) is 0 Å². The van der Waals surface area contributed by atoms with E-state index in [1.54, 1.807) is 18.0 Å². The van der Waals surface area contributed by atoms with Gasteiger partial charge in [0.05, 0.1) is 24.5 Å². The van der Waals surface area contributed by atoms with Gasteiger partial charge in [0.1, 0.15) is 0 Å². The molecule has 0 saturated heterocycles. The van der Waals surface area contributed by atoms with Gasteiger partial charge in [-0.2, -0.15) is 5.10 Å². The molecule has 5 nitrogen and oxygen atoms in total. The summed E-state index contributed by atoms with van der Waals surface area (Å²) in [5, 5.41) is 4.10. The van der Waals surface area contributed by atoms with Crippen molar-refractivity contribution in [3.8, 4) is 0 Å². The van der Waals surface area contributed by atoms with E-state index in [4.69, 9.17) is 10.5 Å². The normalized spacial score (nSPS) is 13.4. The standard InChI is InChI=1S/C9H18N4O/c1-12(2)6-9(14-3)7-13-5-8(10)4-11-13/h4-5,9H,6-7,10H2,1-3H3. The van der Waals surface area contributed by atoms with Gasteiger partial charge in [-0.05, 0) is 14.1 Å². The van der Waals surface area contributed by atoms with E-state index in [1.807, 2.05) is 20.3 Å². The number of nitrogens with two attached hydrogens (primary N) is 1. The smallest absolute Gasteiger partial charge is 0.0893 e. The van der Waals surface area contributed by atoms with E-state index in [9.17, 15) is 0 Å². The highest BCUT2D eigenvalue weighted by Crippen LogP contribution is 2.01. The quantitative estimate of drug-likeness (QED) is 0.726.